The van der Waals surface area contributed by atoms with Crippen molar-refractivity contribution in [1.29, 1.82) is 0 Å². The molecule has 108 valence electrons. The third-order valence-corrected chi connectivity index (χ3v) is 3.60. The van der Waals surface area contributed by atoms with Crippen LogP contribution in [0.1, 0.15) is 53.9 Å². The number of aliphatic hydroxyl groups excluding tert-OH is 1. The Hall–Kier alpha value is -0.120. The second-order valence-electron chi connectivity index (χ2n) is 6.90. The van der Waals surface area contributed by atoms with E-state index in [1.807, 2.05) is 0 Å². The molecule has 3 nitrogen and oxygen atoms in total. The topological polar surface area (TPSA) is 35.5 Å². The van der Waals surface area contributed by atoms with Crippen LogP contribution in [0.3, 0.4) is 0 Å². The number of hydrogen-bond acceptors (Lipinski definition) is 3. The van der Waals surface area contributed by atoms with Crippen molar-refractivity contribution in [2.45, 2.75) is 71.5 Å². The fraction of sp³-hybridized carbons (Fsp3) is 1.00. The van der Waals surface area contributed by atoms with Crippen LogP contribution in [0.25, 0.3) is 0 Å². The number of aliphatic hydroxyl groups is 1. The van der Waals surface area contributed by atoms with Crippen LogP contribution in [0.15, 0.2) is 0 Å². The SMILES string of the molecule is CC(C)CCN(CC(C)(CO)NC(C)C)C1CC1. The fourth-order valence-corrected chi connectivity index (χ4v) is 2.54. The Morgan fingerprint density at radius 3 is 2.28 bits per heavy atom. The molecule has 1 unspecified atom stereocenters. The lowest BCUT2D eigenvalue weighted by Gasteiger charge is -2.37. The molecule has 2 N–H and O–H groups in total. The molecule has 1 fully saturated rings. The molecule has 0 amide bonds. The van der Waals surface area contributed by atoms with Gasteiger partial charge in [0.2, 0.25) is 0 Å². The Morgan fingerprint density at radius 2 is 1.89 bits per heavy atom. The van der Waals surface area contributed by atoms with Crippen molar-refractivity contribution >= 4 is 0 Å². The van der Waals surface area contributed by atoms with E-state index in [2.05, 4.69) is 44.8 Å². The quantitative estimate of drug-likeness (QED) is 0.664. The molecule has 0 saturated heterocycles. The van der Waals surface area contributed by atoms with Gasteiger partial charge in [-0.15, -0.1) is 0 Å². The van der Waals surface area contributed by atoms with E-state index in [4.69, 9.17) is 0 Å². The van der Waals surface area contributed by atoms with E-state index < -0.39 is 0 Å². The molecule has 3 heteroatoms. The predicted octanol–water partition coefficient (Wildman–Crippen LogP) is 2.25. The van der Waals surface area contributed by atoms with E-state index in [1.165, 1.54) is 19.3 Å². The van der Waals surface area contributed by atoms with E-state index in [-0.39, 0.29) is 12.1 Å². The van der Waals surface area contributed by atoms with Crippen LogP contribution in [-0.4, -0.2) is 47.3 Å². The van der Waals surface area contributed by atoms with Gasteiger partial charge in [0.15, 0.2) is 0 Å². The third kappa shape index (κ3) is 5.68. The minimum atomic E-state index is -0.173. The number of hydrogen-bond donors (Lipinski definition) is 2. The summed E-state index contributed by atoms with van der Waals surface area (Å²) in [5.41, 5.74) is -0.173. The molecule has 1 aliphatic carbocycles. The van der Waals surface area contributed by atoms with Gasteiger partial charge in [-0.25, -0.2) is 0 Å². The molecule has 1 atom stereocenters. The minimum Gasteiger partial charge on any atom is -0.394 e. The molecule has 1 rings (SSSR count). The van der Waals surface area contributed by atoms with E-state index in [0.717, 1.165) is 25.0 Å². The summed E-state index contributed by atoms with van der Waals surface area (Å²) in [6, 6.07) is 1.18. The van der Waals surface area contributed by atoms with E-state index in [9.17, 15) is 5.11 Å². The van der Waals surface area contributed by atoms with Gasteiger partial charge < -0.3 is 10.4 Å². The highest BCUT2D eigenvalue weighted by Gasteiger charge is 2.34. The van der Waals surface area contributed by atoms with Gasteiger partial charge >= 0.3 is 0 Å². The lowest BCUT2D eigenvalue weighted by molar-refractivity contribution is 0.106. The van der Waals surface area contributed by atoms with Crippen LogP contribution in [0, 0.1) is 5.92 Å². The largest absolute Gasteiger partial charge is 0.394 e. The summed E-state index contributed by atoms with van der Waals surface area (Å²) in [5.74, 6) is 0.754. The van der Waals surface area contributed by atoms with Gasteiger partial charge in [-0.05, 0) is 38.6 Å². The second kappa shape index (κ2) is 6.88. The Labute approximate surface area is 113 Å². The Morgan fingerprint density at radius 1 is 1.28 bits per heavy atom. The summed E-state index contributed by atoms with van der Waals surface area (Å²) in [5, 5.41) is 13.2. The third-order valence-electron chi connectivity index (χ3n) is 3.60. The van der Waals surface area contributed by atoms with Gasteiger partial charge in [-0.3, -0.25) is 4.90 Å². The van der Waals surface area contributed by atoms with Crippen molar-refractivity contribution in [3.05, 3.63) is 0 Å². The molecule has 0 radical (unpaired) electrons. The van der Waals surface area contributed by atoms with Gasteiger partial charge in [0.25, 0.3) is 0 Å². The van der Waals surface area contributed by atoms with Crippen LogP contribution in [-0.2, 0) is 0 Å². The summed E-state index contributed by atoms with van der Waals surface area (Å²) in [7, 11) is 0. The van der Waals surface area contributed by atoms with E-state index in [1.54, 1.807) is 0 Å². The molecular weight excluding hydrogens is 224 g/mol. The van der Waals surface area contributed by atoms with Crippen molar-refractivity contribution in [3.8, 4) is 0 Å². The average molecular weight is 256 g/mol. The summed E-state index contributed by atoms with van der Waals surface area (Å²) in [6.07, 6.45) is 3.92. The zero-order chi connectivity index (χ0) is 13.8. The van der Waals surface area contributed by atoms with Crippen LogP contribution in [0.2, 0.25) is 0 Å². The van der Waals surface area contributed by atoms with Gasteiger partial charge in [-0.1, -0.05) is 27.7 Å². The predicted molar refractivity (Wildman–Crippen MR) is 77.8 cm³/mol. The van der Waals surface area contributed by atoms with Crippen molar-refractivity contribution in [1.82, 2.24) is 10.2 Å². The standard InChI is InChI=1S/C15H32N2O/c1-12(2)8-9-17(14-6-7-14)10-15(5,11-18)16-13(3)4/h12-14,16,18H,6-11H2,1-5H3. The van der Waals surface area contributed by atoms with Crippen molar-refractivity contribution in [2.24, 2.45) is 5.92 Å². The molecule has 1 aliphatic rings. The molecular formula is C15H32N2O. The number of rotatable bonds is 9. The van der Waals surface area contributed by atoms with Gasteiger partial charge in [0, 0.05) is 18.6 Å². The van der Waals surface area contributed by atoms with Gasteiger partial charge in [0.05, 0.1) is 12.1 Å². The summed E-state index contributed by atoms with van der Waals surface area (Å²) >= 11 is 0. The maximum Gasteiger partial charge on any atom is 0.0623 e. The highest BCUT2D eigenvalue weighted by molar-refractivity contribution is 4.93. The first kappa shape index (κ1) is 15.9. The Balaban J connectivity index is 2.51. The highest BCUT2D eigenvalue weighted by Crippen LogP contribution is 2.28. The Bertz CT molecular complexity index is 239. The van der Waals surface area contributed by atoms with Crippen LogP contribution >= 0.6 is 0 Å². The fourth-order valence-electron chi connectivity index (χ4n) is 2.54. The molecule has 0 spiro atoms. The van der Waals surface area contributed by atoms with E-state index >= 15 is 0 Å². The lowest BCUT2D eigenvalue weighted by Crippen LogP contribution is -2.56. The first-order valence-electron chi connectivity index (χ1n) is 7.49. The van der Waals surface area contributed by atoms with Gasteiger partial charge in [0.1, 0.15) is 0 Å². The average Bonchev–Trinajstić information content (AvgIpc) is 3.06. The van der Waals surface area contributed by atoms with Crippen molar-refractivity contribution in [2.75, 3.05) is 19.7 Å². The summed E-state index contributed by atoms with van der Waals surface area (Å²) in [4.78, 5) is 2.58. The molecule has 0 aromatic heterocycles. The van der Waals surface area contributed by atoms with Crippen LogP contribution in [0.4, 0.5) is 0 Å². The maximum absolute atomic E-state index is 9.67. The Kier molecular flexibility index (Phi) is 6.09. The monoisotopic (exact) mass is 256 g/mol. The van der Waals surface area contributed by atoms with Crippen molar-refractivity contribution < 1.29 is 5.11 Å². The minimum absolute atomic E-state index is 0.173. The van der Waals surface area contributed by atoms with Crippen LogP contribution in [0.5, 0.6) is 0 Å². The highest BCUT2D eigenvalue weighted by atomic mass is 16.3. The molecule has 18 heavy (non-hydrogen) atoms. The van der Waals surface area contributed by atoms with Crippen LogP contribution < -0.4 is 5.32 Å². The summed E-state index contributed by atoms with van der Waals surface area (Å²) in [6.45, 7) is 13.3. The molecule has 1 saturated carbocycles. The lowest BCUT2D eigenvalue weighted by atomic mass is 10.0. The normalized spacial score (nSPS) is 19.8. The maximum atomic E-state index is 9.67. The molecule has 0 aromatic carbocycles. The molecule has 0 heterocycles. The van der Waals surface area contributed by atoms with E-state index in [0.29, 0.717) is 6.04 Å². The summed E-state index contributed by atoms with van der Waals surface area (Å²) < 4.78 is 0. The number of nitrogens with one attached hydrogen (secondary N) is 1. The number of nitrogens with zero attached hydrogens (tertiary/aromatic N) is 1. The first-order chi connectivity index (χ1) is 8.36. The first-order valence-corrected chi connectivity index (χ1v) is 7.49. The zero-order valence-corrected chi connectivity index (χ0v) is 12.9. The van der Waals surface area contributed by atoms with Gasteiger partial charge in [-0.2, -0.15) is 0 Å². The molecule has 0 bridgehead atoms. The molecule has 0 aliphatic heterocycles. The van der Waals surface area contributed by atoms with Crippen molar-refractivity contribution in [3.63, 3.8) is 0 Å². The zero-order valence-electron chi connectivity index (χ0n) is 12.9. The smallest absolute Gasteiger partial charge is 0.0623 e. The second-order valence-corrected chi connectivity index (χ2v) is 6.90. The molecule has 0 aromatic rings.